The summed E-state index contributed by atoms with van der Waals surface area (Å²) in [5.74, 6) is 0. The smallest absolute Gasteiger partial charge is 0.0912 e. The van der Waals surface area contributed by atoms with E-state index in [1.807, 2.05) is 25.1 Å². The van der Waals surface area contributed by atoms with Crippen LogP contribution in [0.15, 0.2) is 35.3 Å². The molecule has 0 atom stereocenters. The minimum absolute atomic E-state index is 0.842. The topological polar surface area (TPSA) is 23.8 Å². The van der Waals surface area contributed by atoms with Gasteiger partial charge in [0.25, 0.3) is 0 Å². The lowest BCUT2D eigenvalue weighted by molar-refractivity contribution is 1.53. The maximum Gasteiger partial charge on any atom is 0.0912 e. The van der Waals surface area contributed by atoms with Gasteiger partial charge in [-0.05, 0) is 13.0 Å². The van der Waals surface area contributed by atoms with Crippen LogP contribution in [0.4, 0.5) is 0 Å². The van der Waals surface area contributed by atoms with Gasteiger partial charge in [-0.25, -0.2) is 0 Å². The maximum atomic E-state index is 8.10. The molecule has 0 spiro atoms. The van der Waals surface area contributed by atoms with Gasteiger partial charge in [0, 0.05) is 11.0 Å². The van der Waals surface area contributed by atoms with Crippen LogP contribution in [0.3, 0.4) is 0 Å². The summed E-state index contributed by atoms with van der Waals surface area (Å²) in [6.45, 7) is 1.91. The highest BCUT2D eigenvalue weighted by atomic mass is 32.1. The Kier molecular flexibility index (Phi) is 5.60. The third-order valence-electron chi connectivity index (χ3n) is 0.775. The first-order valence-corrected chi connectivity index (χ1v) is 3.34. The van der Waals surface area contributed by atoms with Crippen LogP contribution in [0.1, 0.15) is 6.92 Å². The fraction of sp³-hybridized carbons (Fsp3) is 0.125. The van der Waals surface area contributed by atoms with Crippen LogP contribution in [0.25, 0.3) is 0 Å². The van der Waals surface area contributed by atoms with E-state index in [2.05, 4.69) is 12.6 Å². The molecule has 0 aromatic rings. The van der Waals surface area contributed by atoms with Gasteiger partial charge in [-0.1, -0.05) is 18.2 Å². The largest absolute Gasteiger partial charge is 0.193 e. The van der Waals surface area contributed by atoms with E-state index in [0.717, 1.165) is 4.91 Å². The van der Waals surface area contributed by atoms with E-state index in [4.69, 9.17) is 5.26 Å². The van der Waals surface area contributed by atoms with E-state index in [1.165, 1.54) is 6.08 Å². The van der Waals surface area contributed by atoms with Crippen LogP contribution in [0, 0.1) is 11.3 Å². The average Bonchev–Trinajstić information content (AvgIpc) is 1.89. The molecule has 0 unspecified atom stereocenters. The Hall–Kier alpha value is -0.940. The zero-order chi connectivity index (χ0) is 7.82. The molecular formula is C8H9NS. The molecule has 0 amide bonds. The highest BCUT2D eigenvalue weighted by Crippen LogP contribution is 2.01. The molecule has 0 heterocycles. The molecule has 0 aliphatic heterocycles. The minimum atomic E-state index is 0.842. The quantitative estimate of drug-likeness (QED) is 0.366. The Morgan fingerprint density at radius 2 is 2.30 bits per heavy atom. The van der Waals surface area contributed by atoms with Gasteiger partial charge in [-0.15, -0.1) is 12.6 Å². The number of thiol groups is 1. The van der Waals surface area contributed by atoms with Crippen LogP contribution in [0.5, 0.6) is 0 Å². The van der Waals surface area contributed by atoms with Gasteiger partial charge in [-0.2, -0.15) is 5.26 Å². The molecule has 0 aromatic heterocycles. The molecule has 0 aliphatic rings. The van der Waals surface area contributed by atoms with Crippen LogP contribution in [-0.2, 0) is 0 Å². The van der Waals surface area contributed by atoms with Crippen LogP contribution in [-0.4, -0.2) is 0 Å². The molecule has 2 heteroatoms. The van der Waals surface area contributed by atoms with E-state index in [0.29, 0.717) is 0 Å². The van der Waals surface area contributed by atoms with Gasteiger partial charge in [0.15, 0.2) is 0 Å². The second kappa shape index (κ2) is 6.18. The van der Waals surface area contributed by atoms with E-state index in [1.54, 1.807) is 12.2 Å². The average molecular weight is 151 g/mol. The second-order valence-electron chi connectivity index (χ2n) is 1.58. The van der Waals surface area contributed by atoms with Gasteiger partial charge >= 0.3 is 0 Å². The summed E-state index contributed by atoms with van der Waals surface area (Å²) in [4.78, 5) is 0.842. The predicted octanol–water partition coefficient (Wildman–Crippen LogP) is 2.46. The summed E-state index contributed by atoms with van der Waals surface area (Å²) in [5.41, 5.74) is 0. The number of hydrogen-bond donors (Lipinski definition) is 1. The van der Waals surface area contributed by atoms with Crippen molar-refractivity contribution in [3.05, 3.63) is 35.3 Å². The van der Waals surface area contributed by atoms with Crippen molar-refractivity contribution < 1.29 is 0 Å². The first kappa shape index (κ1) is 9.06. The highest BCUT2D eigenvalue weighted by Gasteiger charge is 1.74. The van der Waals surface area contributed by atoms with Crippen molar-refractivity contribution in [2.75, 3.05) is 0 Å². The third kappa shape index (κ3) is 5.20. The Bertz CT molecular complexity index is 206. The van der Waals surface area contributed by atoms with Crippen molar-refractivity contribution in [3.8, 4) is 6.07 Å². The summed E-state index contributed by atoms with van der Waals surface area (Å²) >= 11 is 4.10. The Labute approximate surface area is 66.8 Å². The Balaban J connectivity index is 3.94. The Morgan fingerprint density at radius 3 is 2.80 bits per heavy atom. The predicted molar refractivity (Wildman–Crippen MR) is 46.6 cm³/mol. The summed E-state index contributed by atoms with van der Waals surface area (Å²) < 4.78 is 0. The van der Waals surface area contributed by atoms with Gasteiger partial charge in [0.05, 0.1) is 6.07 Å². The third-order valence-corrected chi connectivity index (χ3v) is 1.07. The van der Waals surface area contributed by atoms with Gasteiger partial charge in [0.1, 0.15) is 0 Å². The molecule has 0 aromatic carbocycles. The van der Waals surface area contributed by atoms with E-state index in [9.17, 15) is 0 Å². The normalized spacial score (nSPS) is 12.7. The van der Waals surface area contributed by atoms with Gasteiger partial charge < -0.3 is 0 Å². The molecule has 52 valence electrons. The molecule has 0 saturated heterocycles. The van der Waals surface area contributed by atoms with Crippen molar-refractivity contribution in [3.63, 3.8) is 0 Å². The van der Waals surface area contributed by atoms with Crippen molar-refractivity contribution in [1.82, 2.24) is 0 Å². The van der Waals surface area contributed by atoms with Gasteiger partial charge in [0.2, 0.25) is 0 Å². The lowest BCUT2D eigenvalue weighted by Crippen LogP contribution is -1.59. The molecular weight excluding hydrogens is 142 g/mol. The van der Waals surface area contributed by atoms with Crippen LogP contribution < -0.4 is 0 Å². The van der Waals surface area contributed by atoms with E-state index < -0.39 is 0 Å². The van der Waals surface area contributed by atoms with Crippen molar-refractivity contribution in [2.45, 2.75) is 6.92 Å². The van der Waals surface area contributed by atoms with Crippen molar-refractivity contribution >= 4 is 12.6 Å². The summed E-state index contributed by atoms with van der Waals surface area (Å²) in [5, 5.41) is 8.10. The van der Waals surface area contributed by atoms with Gasteiger partial charge in [-0.3, -0.25) is 0 Å². The minimum Gasteiger partial charge on any atom is -0.193 e. The molecule has 0 aliphatic carbocycles. The summed E-state index contributed by atoms with van der Waals surface area (Å²) in [6.07, 6.45) is 8.55. The fourth-order valence-corrected chi connectivity index (χ4v) is 0.651. The first-order chi connectivity index (χ1) is 4.81. The zero-order valence-corrected chi connectivity index (χ0v) is 6.68. The lowest BCUT2D eigenvalue weighted by atomic mass is 10.4. The molecule has 0 fully saturated rings. The number of allylic oxidation sites excluding steroid dienone is 5. The van der Waals surface area contributed by atoms with Crippen LogP contribution >= 0.6 is 12.6 Å². The SMILES string of the molecule is C\C=C/C(S)=C\C=C\C#N. The molecule has 0 rings (SSSR count). The number of nitriles is 1. The molecule has 0 bridgehead atoms. The van der Waals surface area contributed by atoms with Crippen molar-refractivity contribution in [1.29, 1.82) is 5.26 Å². The molecule has 0 N–H and O–H groups in total. The number of rotatable bonds is 2. The lowest BCUT2D eigenvalue weighted by Gasteiger charge is -1.82. The van der Waals surface area contributed by atoms with E-state index >= 15 is 0 Å². The summed E-state index contributed by atoms with van der Waals surface area (Å²) in [6, 6.07) is 1.88. The molecule has 1 nitrogen and oxygen atoms in total. The summed E-state index contributed by atoms with van der Waals surface area (Å²) in [7, 11) is 0. The fourth-order valence-electron chi connectivity index (χ4n) is 0.416. The van der Waals surface area contributed by atoms with Crippen LogP contribution in [0.2, 0.25) is 0 Å². The molecule has 0 radical (unpaired) electrons. The van der Waals surface area contributed by atoms with E-state index in [-0.39, 0.29) is 0 Å². The number of nitrogens with zero attached hydrogens (tertiary/aromatic N) is 1. The monoisotopic (exact) mass is 151 g/mol. The Morgan fingerprint density at radius 1 is 1.60 bits per heavy atom. The second-order valence-corrected chi connectivity index (χ2v) is 2.10. The first-order valence-electron chi connectivity index (χ1n) is 2.89. The number of hydrogen-bond acceptors (Lipinski definition) is 2. The zero-order valence-electron chi connectivity index (χ0n) is 5.78. The standard InChI is InChI=1S/C8H9NS/c1-2-5-8(10)6-3-4-7-9/h2-6,10H,1H3/b4-3+,5-2-,8-6+. The highest BCUT2D eigenvalue weighted by molar-refractivity contribution is 7.84. The molecule has 0 saturated carbocycles. The molecule has 10 heavy (non-hydrogen) atoms. The maximum absolute atomic E-state index is 8.10. The van der Waals surface area contributed by atoms with Crippen molar-refractivity contribution in [2.24, 2.45) is 0 Å².